The Morgan fingerprint density at radius 3 is 2.03 bits per heavy atom. The van der Waals surface area contributed by atoms with Crippen molar-refractivity contribution < 1.29 is 23.8 Å². The highest BCUT2D eigenvalue weighted by molar-refractivity contribution is 5.90. The molecule has 0 fully saturated rings. The number of nitrogens with one attached hydrogen (secondary N) is 1. The summed E-state index contributed by atoms with van der Waals surface area (Å²) in [5.74, 6) is 0.381. The SMILES string of the molecule is CCOC(=O)c1ccc(-c2ccc(OCC(C)NC(=O)OC(C)(C)C)cc2)cc1. The molecule has 0 radical (unpaired) electrons. The van der Waals surface area contributed by atoms with Crippen LogP contribution < -0.4 is 10.1 Å². The molecule has 1 N–H and O–H groups in total. The number of ether oxygens (including phenoxy) is 3. The van der Waals surface area contributed by atoms with E-state index < -0.39 is 11.7 Å². The molecule has 0 saturated heterocycles. The first-order valence-electron chi connectivity index (χ1n) is 9.68. The minimum absolute atomic E-state index is 0.194. The van der Waals surface area contributed by atoms with Gasteiger partial charge in [0, 0.05) is 0 Å². The molecule has 0 aliphatic rings. The molecule has 0 aromatic heterocycles. The molecular formula is C23H29NO5. The number of alkyl carbamates (subject to hydrolysis) is 1. The predicted molar refractivity (Wildman–Crippen MR) is 112 cm³/mol. The fourth-order valence-corrected chi connectivity index (χ4v) is 2.53. The van der Waals surface area contributed by atoms with E-state index in [2.05, 4.69) is 5.32 Å². The predicted octanol–water partition coefficient (Wildman–Crippen LogP) is 4.82. The number of esters is 1. The summed E-state index contributed by atoms with van der Waals surface area (Å²) in [5.41, 5.74) is 1.99. The first-order chi connectivity index (χ1) is 13.7. The summed E-state index contributed by atoms with van der Waals surface area (Å²) >= 11 is 0. The smallest absolute Gasteiger partial charge is 0.407 e. The van der Waals surface area contributed by atoms with Crippen molar-refractivity contribution in [3.63, 3.8) is 0 Å². The van der Waals surface area contributed by atoms with Gasteiger partial charge in [-0.2, -0.15) is 0 Å². The Balaban J connectivity index is 1.88. The van der Waals surface area contributed by atoms with Gasteiger partial charge in [-0.15, -0.1) is 0 Å². The van der Waals surface area contributed by atoms with Gasteiger partial charge in [0.1, 0.15) is 18.0 Å². The van der Waals surface area contributed by atoms with Gasteiger partial charge < -0.3 is 19.5 Å². The Bertz CT molecular complexity index is 807. The lowest BCUT2D eigenvalue weighted by atomic mass is 10.0. The molecule has 2 rings (SSSR count). The fourth-order valence-electron chi connectivity index (χ4n) is 2.53. The van der Waals surface area contributed by atoms with Crippen LogP contribution in [0.3, 0.4) is 0 Å². The minimum atomic E-state index is -0.533. The lowest BCUT2D eigenvalue weighted by Crippen LogP contribution is -2.40. The molecule has 1 unspecified atom stereocenters. The summed E-state index contributed by atoms with van der Waals surface area (Å²) in [5, 5.41) is 2.74. The Morgan fingerprint density at radius 1 is 0.966 bits per heavy atom. The van der Waals surface area contributed by atoms with Crippen molar-refractivity contribution in [2.45, 2.75) is 46.3 Å². The van der Waals surface area contributed by atoms with Crippen LogP contribution in [0.1, 0.15) is 45.0 Å². The van der Waals surface area contributed by atoms with Gasteiger partial charge in [0.05, 0.1) is 18.2 Å². The van der Waals surface area contributed by atoms with E-state index in [0.717, 1.165) is 11.1 Å². The number of hydrogen-bond acceptors (Lipinski definition) is 5. The van der Waals surface area contributed by atoms with E-state index in [-0.39, 0.29) is 12.0 Å². The average Bonchev–Trinajstić information content (AvgIpc) is 2.65. The van der Waals surface area contributed by atoms with Crippen LogP contribution in [0, 0.1) is 0 Å². The van der Waals surface area contributed by atoms with E-state index in [1.54, 1.807) is 19.1 Å². The maximum absolute atomic E-state index is 11.8. The highest BCUT2D eigenvalue weighted by atomic mass is 16.6. The Hall–Kier alpha value is -3.02. The van der Waals surface area contributed by atoms with Crippen molar-refractivity contribution in [2.75, 3.05) is 13.2 Å². The third-order valence-corrected chi connectivity index (χ3v) is 3.85. The number of hydrogen-bond donors (Lipinski definition) is 1. The molecule has 6 nitrogen and oxygen atoms in total. The summed E-state index contributed by atoms with van der Waals surface area (Å²) < 4.78 is 16.0. The topological polar surface area (TPSA) is 73.9 Å². The maximum atomic E-state index is 11.8. The van der Waals surface area contributed by atoms with E-state index in [9.17, 15) is 9.59 Å². The third-order valence-electron chi connectivity index (χ3n) is 3.85. The monoisotopic (exact) mass is 399 g/mol. The molecule has 0 heterocycles. The van der Waals surface area contributed by atoms with Crippen molar-refractivity contribution in [1.82, 2.24) is 5.32 Å². The number of benzene rings is 2. The van der Waals surface area contributed by atoms with E-state index in [1.807, 2.05) is 64.1 Å². The third kappa shape index (κ3) is 7.49. The first kappa shape index (κ1) is 22.3. The molecule has 2 aromatic carbocycles. The van der Waals surface area contributed by atoms with Gasteiger partial charge in [0.25, 0.3) is 0 Å². The summed E-state index contributed by atoms with van der Waals surface area (Å²) in [6.45, 7) is 9.77. The number of rotatable bonds is 7. The van der Waals surface area contributed by atoms with Crippen molar-refractivity contribution >= 4 is 12.1 Å². The first-order valence-corrected chi connectivity index (χ1v) is 9.68. The zero-order chi connectivity index (χ0) is 21.4. The van der Waals surface area contributed by atoms with E-state index in [0.29, 0.717) is 24.5 Å². The second kappa shape index (κ2) is 9.96. The van der Waals surface area contributed by atoms with Gasteiger partial charge in [-0.05, 0) is 70.0 Å². The molecule has 0 spiro atoms. The maximum Gasteiger partial charge on any atom is 0.407 e. The van der Waals surface area contributed by atoms with Crippen LogP contribution >= 0.6 is 0 Å². The summed E-state index contributed by atoms with van der Waals surface area (Å²) in [6.07, 6.45) is -0.463. The van der Waals surface area contributed by atoms with Crippen molar-refractivity contribution in [3.05, 3.63) is 54.1 Å². The standard InChI is InChI=1S/C23H29NO5/c1-6-27-21(25)19-9-7-17(8-10-19)18-11-13-20(14-12-18)28-15-16(2)24-22(26)29-23(3,4)5/h7-14,16H,6,15H2,1-5H3,(H,24,26). The highest BCUT2D eigenvalue weighted by Gasteiger charge is 2.17. The molecule has 0 bridgehead atoms. The van der Waals surface area contributed by atoms with Crippen LogP contribution in [0.4, 0.5) is 4.79 Å². The van der Waals surface area contributed by atoms with E-state index >= 15 is 0 Å². The van der Waals surface area contributed by atoms with Crippen LogP contribution in [-0.2, 0) is 9.47 Å². The number of amides is 1. The molecule has 0 aliphatic heterocycles. The molecule has 156 valence electrons. The zero-order valence-corrected chi connectivity index (χ0v) is 17.7. The Morgan fingerprint density at radius 2 is 1.52 bits per heavy atom. The van der Waals surface area contributed by atoms with Gasteiger partial charge in [0.2, 0.25) is 0 Å². The fraction of sp³-hybridized carbons (Fsp3) is 0.391. The lowest BCUT2D eigenvalue weighted by molar-refractivity contribution is 0.0491. The van der Waals surface area contributed by atoms with Crippen LogP contribution in [0.2, 0.25) is 0 Å². The lowest BCUT2D eigenvalue weighted by Gasteiger charge is -2.22. The number of carbonyl (C=O) groups excluding carboxylic acids is 2. The quantitative estimate of drug-likeness (QED) is 0.676. The summed E-state index contributed by atoms with van der Waals surface area (Å²) in [7, 11) is 0. The molecule has 29 heavy (non-hydrogen) atoms. The summed E-state index contributed by atoms with van der Waals surface area (Å²) in [6, 6.07) is 14.7. The molecule has 1 atom stereocenters. The Kier molecular flexibility index (Phi) is 7.65. The molecule has 0 saturated carbocycles. The van der Waals surface area contributed by atoms with Crippen molar-refractivity contribution in [3.8, 4) is 16.9 Å². The molecule has 6 heteroatoms. The summed E-state index contributed by atoms with van der Waals surface area (Å²) in [4.78, 5) is 23.5. The molecule has 2 aromatic rings. The van der Waals surface area contributed by atoms with Crippen LogP contribution in [-0.4, -0.2) is 36.9 Å². The largest absolute Gasteiger partial charge is 0.491 e. The van der Waals surface area contributed by atoms with Crippen LogP contribution in [0.25, 0.3) is 11.1 Å². The van der Waals surface area contributed by atoms with Gasteiger partial charge in [-0.1, -0.05) is 24.3 Å². The Labute approximate surface area is 172 Å². The second-order valence-corrected chi connectivity index (χ2v) is 7.68. The van der Waals surface area contributed by atoms with Gasteiger partial charge in [-0.3, -0.25) is 0 Å². The van der Waals surface area contributed by atoms with E-state index in [4.69, 9.17) is 14.2 Å². The van der Waals surface area contributed by atoms with Gasteiger partial charge in [0.15, 0.2) is 0 Å². The van der Waals surface area contributed by atoms with Gasteiger partial charge >= 0.3 is 12.1 Å². The molecule has 1 amide bonds. The normalized spacial score (nSPS) is 12.0. The molecule has 0 aliphatic carbocycles. The second-order valence-electron chi connectivity index (χ2n) is 7.68. The number of carbonyl (C=O) groups is 2. The molecular weight excluding hydrogens is 370 g/mol. The highest BCUT2D eigenvalue weighted by Crippen LogP contribution is 2.23. The van der Waals surface area contributed by atoms with Crippen molar-refractivity contribution in [2.24, 2.45) is 0 Å². The van der Waals surface area contributed by atoms with Gasteiger partial charge in [-0.25, -0.2) is 9.59 Å². The van der Waals surface area contributed by atoms with E-state index in [1.165, 1.54) is 0 Å². The van der Waals surface area contributed by atoms with Crippen LogP contribution in [0.5, 0.6) is 5.75 Å². The van der Waals surface area contributed by atoms with Crippen LogP contribution in [0.15, 0.2) is 48.5 Å². The minimum Gasteiger partial charge on any atom is -0.491 e. The zero-order valence-electron chi connectivity index (χ0n) is 17.7. The average molecular weight is 399 g/mol. The van der Waals surface area contributed by atoms with Crippen molar-refractivity contribution in [1.29, 1.82) is 0 Å².